The highest BCUT2D eigenvalue weighted by molar-refractivity contribution is 6.34. The lowest BCUT2D eigenvalue weighted by molar-refractivity contribution is 0.0683. The van der Waals surface area contributed by atoms with Gasteiger partial charge in [-0.05, 0) is 73.2 Å². The summed E-state index contributed by atoms with van der Waals surface area (Å²) in [7, 11) is 2.95. The third-order valence-electron chi connectivity index (χ3n) is 9.33. The Morgan fingerprint density at radius 2 is 1.06 bits per heavy atom. The zero-order valence-corrected chi connectivity index (χ0v) is 31.2. The van der Waals surface area contributed by atoms with Gasteiger partial charge in [-0.15, -0.1) is 5.10 Å². The topological polar surface area (TPSA) is 172 Å². The third-order valence-corrected chi connectivity index (χ3v) is 9.92. The molecule has 6 aromatic rings. The summed E-state index contributed by atoms with van der Waals surface area (Å²) in [6, 6.07) is 6.79. The fourth-order valence-corrected chi connectivity index (χ4v) is 7.23. The molecule has 0 spiro atoms. The first-order chi connectivity index (χ1) is 26.2. The predicted molar refractivity (Wildman–Crippen MR) is 196 cm³/mol. The lowest BCUT2D eigenvalue weighted by Gasteiger charge is -2.32. The molecule has 0 radical (unpaired) electrons. The molecule has 0 saturated carbocycles. The molecule has 0 atom stereocenters. The van der Waals surface area contributed by atoms with E-state index in [2.05, 4.69) is 40.1 Å². The Labute approximate surface area is 322 Å². The first-order valence-electron chi connectivity index (χ1n) is 16.9. The van der Waals surface area contributed by atoms with Gasteiger partial charge in [-0.1, -0.05) is 11.6 Å². The van der Waals surface area contributed by atoms with Gasteiger partial charge in [-0.3, -0.25) is 28.9 Å². The van der Waals surface area contributed by atoms with Crippen molar-refractivity contribution < 1.29 is 23.5 Å². The summed E-state index contributed by atoms with van der Waals surface area (Å²) >= 11 is 18.0. The zero-order chi connectivity index (χ0) is 37.9. The Morgan fingerprint density at radius 3 is 1.50 bits per heavy atom. The summed E-state index contributed by atoms with van der Waals surface area (Å²) in [6.07, 6.45) is 9.14. The zero-order valence-electron chi connectivity index (χ0n) is 28.9. The van der Waals surface area contributed by atoms with E-state index in [9.17, 15) is 14.0 Å². The number of hydrogen-bond donors (Lipinski definition) is 0. The van der Waals surface area contributed by atoms with Crippen LogP contribution >= 0.6 is 34.8 Å². The van der Waals surface area contributed by atoms with Crippen molar-refractivity contribution in [1.29, 1.82) is 0 Å². The van der Waals surface area contributed by atoms with Gasteiger partial charge in [0.25, 0.3) is 17.8 Å². The maximum atomic E-state index is 14.3. The van der Waals surface area contributed by atoms with Crippen LogP contribution in [0.1, 0.15) is 58.5 Å². The fourth-order valence-electron chi connectivity index (χ4n) is 6.70. The standard InChI is InChI=1S/C17H16Cl2N6O2.C17H16ClFN6O2/c1-27-15-13-12(21-17(19)22-15)14(18)23-25(13)11-4-8-24(9-5-11)16(26)10-2-6-20-7-3-10;1-27-15-13-12(21-17(18)22-15)14(19)23-25(13)11-4-8-24(9-5-11)16(26)10-2-6-20-7-3-10/h2*2-3,6-7,11H,4-5,8-9H2,1H3. The molecular weight excluding hydrogens is 766 g/mol. The van der Waals surface area contributed by atoms with Gasteiger partial charge in [0, 0.05) is 62.1 Å². The number of likely N-dealkylation sites (tertiary alicyclic amines) is 2. The molecule has 2 amide bonds. The quantitative estimate of drug-likeness (QED) is 0.194. The van der Waals surface area contributed by atoms with E-state index < -0.39 is 5.95 Å². The van der Waals surface area contributed by atoms with Gasteiger partial charge < -0.3 is 19.3 Å². The van der Waals surface area contributed by atoms with Gasteiger partial charge in [-0.25, -0.2) is 9.97 Å². The van der Waals surface area contributed by atoms with Gasteiger partial charge in [0.2, 0.25) is 22.3 Å². The number of carbonyl (C=O) groups excluding carboxylic acids is 2. The van der Waals surface area contributed by atoms with Crippen LogP contribution in [0, 0.1) is 5.95 Å². The van der Waals surface area contributed by atoms with Crippen LogP contribution in [0.15, 0.2) is 49.1 Å². The molecule has 2 fully saturated rings. The molecule has 0 aromatic carbocycles. The van der Waals surface area contributed by atoms with Crippen LogP contribution in [-0.4, -0.2) is 111 Å². The summed E-state index contributed by atoms with van der Waals surface area (Å²) in [4.78, 5) is 52.9. The molecular formula is C34H32Cl3FN12O4. The molecule has 54 heavy (non-hydrogen) atoms. The first kappa shape index (κ1) is 37.1. The van der Waals surface area contributed by atoms with E-state index in [4.69, 9.17) is 44.3 Å². The fraction of sp³-hybridized carbons (Fsp3) is 0.353. The van der Waals surface area contributed by atoms with Gasteiger partial charge in [-0.2, -0.15) is 19.5 Å². The van der Waals surface area contributed by atoms with Crippen LogP contribution in [0.4, 0.5) is 4.39 Å². The molecule has 0 bridgehead atoms. The van der Waals surface area contributed by atoms with Crippen molar-refractivity contribution in [2.45, 2.75) is 37.8 Å². The van der Waals surface area contributed by atoms with E-state index in [0.29, 0.717) is 72.6 Å². The number of carbonyl (C=O) groups is 2. The van der Waals surface area contributed by atoms with Crippen molar-refractivity contribution in [3.8, 4) is 11.8 Å². The van der Waals surface area contributed by atoms with Crippen molar-refractivity contribution in [3.05, 3.63) is 81.8 Å². The first-order valence-corrected chi connectivity index (χ1v) is 18.0. The molecule has 8 rings (SSSR count). The second kappa shape index (κ2) is 16.0. The van der Waals surface area contributed by atoms with Gasteiger partial charge in [0.05, 0.1) is 26.3 Å². The molecule has 2 aliphatic rings. The van der Waals surface area contributed by atoms with Gasteiger partial charge in [0.15, 0.2) is 21.7 Å². The highest BCUT2D eigenvalue weighted by Crippen LogP contribution is 2.35. The maximum Gasteiger partial charge on any atom is 0.259 e. The van der Waals surface area contributed by atoms with E-state index in [1.165, 1.54) is 14.2 Å². The lowest BCUT2D eigenvalue weighted by Crippen LogP contribution is -2.39. The van der Waals surface area contributed by atoms with Crippen molar-refractivity contribution in [3.63, 3.8) is 0 Å². The molecule has 0 aliphatic carbocycles. The van der Waals surface area contributed by atoms with Crippen molar-refractivity contribution in [1.82, 2.24) is 59.3 Å². The number of pyridine rings is 2. The number of piperidine rings is 2. The van der Waals surface area contributed by atoms with Crippen LogP contribution in [-0.2, 0) is 0 Å². The summed E-state index contributed by atoms with van der Waals surface area (Å²) in [5.41, 5.74) is 2.72. The van der Waals surface area contributed by atoms with Gasteiger partial charge in [0.1, 0.15) is 5.52 Å². The number of amides is 2. The maximum absolute atomic E-state index is 14.3. The summed E-state index contributed by atoms with van der Waals surface area (Å²) in [6.45, 7) is 2.29. The van der Waals surface area contributed by atoms with Crippen molar-refractivity contribution >= 4 is 68.7 Å². The van der Waals surface area contributed by atoms with Crippen LogP contribution in [0.2, 0.25) is 15.7 Å². The highest BCUT2D eigenvalue weighted by Gasteiger charge is 2.31. The molecule has 0 unspecified atom stereocenters. The molecule has 0 N–H and O–H groups in total. The van der Waals surface area contributed by atoms with Gasteiger partial charge >= 0.3 is 0 Å². The highest BCUT2D eigenvalue weighted by atomic mass is 35.5. The van der Waals surface area contributed by atoms with Crippen LogP contribution in [0.5, 0.6) is 11.8 Å². The normalized spacial score (nSPS) is 15.3. The smallest absolute Gasteiger partial charge is 0.259 e. The SMILES string of the molecule is COc1nc(Cl)nc2c(Cl)nn(C3CCN(C(=O)c4ccncc4)CC3)c12.COc1nc(Cl)nc2c(F)nn(C3CCN(C(=O)c4ccncc4)CC3)c12. The van der Waals surface area contributed by atoms with E-state index in [1.54, 1.807) is 63.3 Å². The molecule has 280 valence electrons. The van der Waals surface area contributed by atoms with Crippen molar-refractivity contribution in [2.75, 3.05) is 40.4 Å². The molecule has 2 aliphatic heterocycles. The minimum Gasteiger partial charge on any atom is -0.479 e. The molecule has 6 aromatic heterocycles. The second-order valence-electron chi connectivity index (χ2n) is 12.4. The number of aromatic nitrogens is 10. The van der Waals surface area contributed by atoms with Crippen molar-refractivity contribution in [2.24, 2.45) is 0 Å². The van der Waals surface area contributed by atoms with Crippen LogP contribution in [0.25, 0.3) is 22.1 Å². The molecule has 2 saturated heterocycles. The summed E-state index contributed by atoms with van der Waals surface area (Å²) < 4.78 is 28.2. The van der Waals surface area contributed by atoms with E-state index >= 15 is 0 Å². The monoisotopic (exact) mass is 796 g/mol. The molecule has 20 heteroatoms. The number of methoxy groups -OCH3 is 2. The summed E-state index contributed by atoms with van der Waals surface area (Å²) in [5.74, 6) is -0.244. The number of hydrogen-bond acceptors (Lipinski definition) is 12. The Balaban J connectivity index is 0.000000167. The van der Waals surface area contributed by atoms with E-state index in [1.807, 2.05) is 4.90 Å². The minimum absolute atomic E-state index is 0.00639. The van der Waals surface area contributed by atoms with Crippen LogP contribution < -0.4 is 9.47 Å². The van der Waals surface area contributed by atoms with Crippen LogP contribution in [0.3, 0.4) is 0 Å². The number of ether oxygens (including phenoxy) is 2. The number of halogens is 4. The molecule has 8 heterocycles. The largest absolute Gasteiger partial charge is 0.479 e. The number of rotatable bonds is 6. The van der Waals surface area contributed by atoms with E-state index in [-0.39, 0.29) is 51.0 Å². The predicted octanol–water partition coefficient (Wildman–Crippen LogP) is 5.51. The average Bonchev–Trinajstić information content (AvgIpc) is 3.73. The average molecular weight is 798 g/mol. The molecule has 16 nitrogen and oxygen atoms in total. The van der Waals surface area contributed by atoms with E-state index in [0.717, 1.165) is 12.8 Å². The summed E-state index contributed by atoms with van der Waals surface area (Å²) in [5, 5.41) is 8.61. The Kier molecular flexibility index (Phi) is 11.0. The minimum atomic E-state index is -0.720. The lowest BCUT2D eigenvalue weighted by atomic mass is 10.0. The Morgan fingerprint density at radius 1 is 0.648 bits per heavy atom. The third kappa shape index (κ3) is 7.43. The Bertz CT molecular complexity index is 2140. The second-order valence-corrected chi connectivity index (χ2v) is 13.4. The Hall–Kier alpha value is -5.26. The number of fused-ring (bicyclic) bond motifs is 2. The number of nitrogens with zero attached hydrogens (tertiary/aromatic N) is 12.